The average Bonchev–Trinajstić information content (AvgIpc) is 3.16. The van der Waals surface area contributed by atoms with Gasteiger partial charge >= 0.3 is 0 Å². The molecule has 0 saturated carbocycles. The molecule has 1 fully saturated rings. The second kappa shape index (κ2) is 7.31. The van der Waals surface area contributed by atoms with Crippen LogP contribution in [0.5, 0.6) is 0 Å². The molecule has 0 bridgehead atoms. The third-order valence-electron chi connectivity index (χ3n) is 5.37. The number of pyridine rings is 1. The zero-order valence-electron chi connectivity index (χ0n) is 15.8. The molecule has 27 heavy (non-hydrogen) atoms. The van der Waals surface area contributed by atoms with Gasteiger partial charge in [-0.15, -0.1) is 15.3 Å². The third-order valence-corrected chi connectivity index (χ3v) is 5.37. The third kappa shape index (κ3) is 3.01. The Morgan fingerprint density at radius 3 is 2.81 bits per heavy atom. The van der Waals surface area contributed by atoms with E-state index in [1.807, 2.05) is 24.4 Å². The maximum absolute atomic E-state index is 9.80. The molecule has 3 aromatic heterocycles. The van der Waals surface area contributed by atoms with Crippen molar-refractivity contribution in [3.05, 3.63) is 47.0 Å². The van der Waals surface area contributed by atoms with Crippen LogP contribution >= 0.6 is 0 Å². The van der Waals surface area contributed by atoms with E-state index >= 15 is 0 Å². The summed E-state index contributed by atoms with van der Waals surface area (Å²) >= 11 is 0. The number of nitrogens with zero attached hydrogens (tertiary/aromatic N) is 7. The topological polar surface area (TPSA) is 83.0 Å². The van der Waals surface area contributed by atoms with E-state index in [0.29, 0.717) is 11.4 Å². The molecule has 0 amide bonds. The summed E-state index contributed by atoms with van der Waals surface area (Å²) in [6.45, 7) is 5.78. The number of aromatic nitrogens is 5. The summed E-state index contributed by atoms with van der Waals surface area (Å²) < 4.78 is 2.06. The first-order valence-electron chi connectivity index (χ1n) is 9.59. The van der Waals surface area contributed by atoms with E-state index in [1.165, 1.54) is 0 Å². The van der Waals surface area contributed by atoms with Crippen LogP contribution in [0.2, 0.25) is 0 Å². The molecule has 1 saturated heterocycles. The summed E-state index contributed by atoms with van der Waals surface area (Å²) in [5.74, 6) is 1.94. The molecule has 0 aliphatic carbocycles. The van der Waals surface area contributed by atoms with Gasteiger partial charge in [0.15, 0.2) is 11.5 Å². The number of piperidine rings is 1. The first-order chi connectivity index (χ1) is 13.3. The number of anilines is 1. The van der Waals surface area contributed by atoms with E-state index in [2.05, 4.69) is 49.6 Å². The molecule has 1 atom stereocenters. The molecule has 0 aromatic carbocycles. The van der Waals surface area contributed by atoms with Crippen molar-refractivity contribution in [2.75, 3.05) is 18.0 Å². The number of nitriles is 1. The molecule has 0 spiro atoms. The largest absolute Gasteiger partial charge is 0.353 e. The van der Waals surface area contributed by atoms with Gasteiger partial charge in [-0.2, -0.15) is 10.4 Å². The molecule has 7 heteroatoms. The zero-order chi connectivity index (χ0) is 18.8. The Kier molecular flexibility index (Phi) is 4.71. The van der Waals surface area contributed by atoms with Gasteiger partial charge in [-0.25, -0.2) is 0 Å². The summed E-state index contributed by atoms with van der Waals surface area (Å²) in [5, 5.41) is 27.4. The molecule has 0 N–H and O–H groups in total. The van der Waals surface area contributed by atoms with Crippen molar-refractivity contribution in [3.63, 3.8) is 0 Å². The summed E-state index contributed by atoms with van der Waals surface area (Å²) in [7, 11) is 0. The molecule has 4 heterocycles. The van der Waals surface area contributed by atoms with Gasteiger partial charge in [0.25, 0.3) is 0 Å². The molecule has 4 rings (SSSR count). The smallest absolute Gasteiger partial charge is 0.169 e. The van der Waals surface area contributed by atoms with Gasteiger partial charge in [-0.05, 0) is 43.4 Å². The van der Waals surface area contributed by atoms with Crippen molar-refractivity contribution < 1.29 is 0 Å². The Bertz CT molecular complexity index is 1000. The first-order valence-corrected chi connectivity index (χ1v) is 9.59. The van der Waals surface area contributed by atoms with Gasteiger partial charge in [0.2, 0.25) is 0 Å². The Morgan fingerprint density at radius 1 is 1.15 bits per heavy atom. The number of fused-ring (bicyclic) bond motifs is 1. The first kappa shape index (κ1) is 17.4. The van der Waals surface area contributed by atoms with Gasteiger partial charge in [0.05, 0.1) is 5.69 Å². The van der Waals surface area contributed by atoms with E-state index in [-0.39, 0.29) is 5.92 Å². The van der Waals surface area contributed by atoms with Crippen molar-refractivity contribution in [2.24, 2.45) is 0 Å². The van der Waals surface area contributed by atoms with E-state index in [4.69, 9.17) is 0 Å². The molecule has 1 unspecified atom stereocenters. The molecule has 3 aromatic rings. The zero-order valence-corrected chi connectivity index (χ0v) is 15.8. The lowest BCUT2D eigenvalue weighted by Gasteiger charge is -2.33. The van der Waals surface area contributed by atoms with Crippen LogP contribution < -0.4 is 4.90 Å². The fourth-order valence-electron chi connectivity index (χ4n) is 4.02. The van der Waals surface area contributed by atoms with Crippen molar-refractivity contribution in [3.8, 4) is 6.07 Å². The average molecular weight is 361 g/mol. The molecule has 1 aliphatic heterocycles. The van der Waals surface area contributed by atoms with Gasteiger partial charge in [-0.3, -0.25) is 4.40 Å². The summed E-state index contributed by atoms with van der Waals surface area (Å²) in [6.07, 6.45) is 5.67. The molecule has 138 valence electrons. The number of hydrogen-bond donors (Lipinski definition) is 0. The number of hydrogen-bond acceptors (Lipinski definition) is 6. The lowest BCUT2D eigenvalue weighted by atomic mass is 9.96. The standard InChI is InChI=1S/C20H23N7/c1-3-15-16(12-21)20(25-22-17(15)4-2)26-10-7-8-14(13-26)19-24-23-18-9-5-6-11-27(18)19/h5-6,9,11,14H,3-4,7-8,10,13H2,1-2H3. The van der Waals surface area contributed by atoms with Crippen LogP contribution in [-0.4, -0.2) is 37.9 Å². The molecular formula is C20H23N7. The van der Waals surface area contributed by atoms with Crippen molar-refractivity contribution in [1.29, 1.82) is 5.26 Å². The molecule has 1 aliphatic rings. The Labute approximate surface area is 158 Å². The van der Waals surface area contributed by atoms with Crippen LogP contribution in [0.3, 0.4) is 0 Å². The van der Waals surface area contributed by atoms with Crippen molar-refractivity contribution in [2.45, 2.75) is 45.4 Å². The SMILES string of the molecule is CCc1nnc(N2CCCC(c3nnc4ccccn34)C2)c(C#N)c1CC. The van der Waals surface area contributed by atoms with Gasteiger partial charge < -0.3 is 4.90 Å². The van der Waals surface area contributed by atoms with Crippen LogP contribution in [0.4, 0.5) is 5.82 Å². The quantitative estimate of drug-likeness (QED) is 0.710. The van der Waals surface area contributed by atoms with E-state index in [9.17, 15) is 5.26 Å². The Balaban J connectivity index is 1.69. The van der Waals surface area contributed by atoms with E-state index in [1.54, 1.807) is 0 Å². The number of rotatable bonds is 4. The van der Waals surface area contributed by atoms with Crippen LogP contribution in [0.25, 0.3) is 5.65 Å². The van der Waals surface area contributed by atoms with Crippen LogP contribution in [0, 0.1) is 11.3 Å². The Morgan fingerprint density at radius 2 is 2.04 bits per heavy atom. The van der Waals surface area contributed by atoms with Crippen LogP contribution in [0.1, 0.15) is 55.3 Å². The Hall–Kier alpha value is -3.01. The lowest BCUT2D eigenvalue weighted by molar-refractivity contribution is 0.484. The highest BCUT2D eigenvalue weighted by atomic mass is 15.3. The van der Waals surface area contributed by atoms with Crippen molar-refractivity contribution >= 4 is 11.5 Å². The molecule has 7 nitrogen and oxygen atoms in total. The van der Waals surface area contributed by atoms with Crippen LogP contribution in [-0.2, 0) is 12.8 Å². The second-order valence-electron chi connectivity index (χ2n) is 6.91. The van der Waals surface area contributed by atoms with Crippen molar-refractivity contribution in [1.82, 2.24) is 24.8 Å². The van der Waals surface area contributed by atoms with E-state index < -0.39 is 0 Å². The fourth-order valence-corrected chi connectivity index (χ4v) is 4.02. The number of aryl methyl sites for hydroxylation is 1. The second-order valence-corrected chi connectivity index (χ2v) is 6.91. The molecular weight excluding hydrogens is 338 g/mol. The maximum Gasteiger partial charge on any atom is 0.169 e. The highest BCUT2D eigenvalue weighted by Crippen LogP contribution is 2.31. The van der Waals surface area contributed by atoms with E-state index in [0.717, 1.165) is 61.5 Å². The highest BCUT2D eigenvalue weighted by molar-refractivity contribution is 5.58. The predicted molar refractivity (Wildman–Crippen MR) is 103 cm³/mol. The van der Waals surface area contributed by atoms with Crippen LogP contribution in [0.15, 0.2) is 24.4 Å². The molecule has 0 radical (unpaired) electrons. The minimum absolute atomic E-state index is 0.250. The summed E-state index contributed by atoms with van der Waals surface area (Å²) in [6, 6.07) is 8.32. The lowest BCUT2D eigenvalue weighted by Crippen LogP contribution is -2.36. The fraction of sp³-hybridized carbons (Fsp3) is 0.450. The van der Waals surface area contributed by atoms with Gasteiger partial charge in [-0.1, -0.05) is 19.9 Å². The summed E-state index contributed by atoms with van der Waals surface area (Å²) in [4.78, 5) is 2.20. The predicted octanol–water partition coefficient (Wildman–Crippen LogP) is 2.90. The van der Waals surface area contributed by atoms with Gasteiger partial charge in [0.1, 0.15) is 17.5 Å². The summed E-state index contributed by atoms with van der Waals surface area (Å²) in [5.41, 5.74) is 3.49. The monoisotopic (exact) mass is 361 g/mol. The normalized spacial score (nSPS) is 17.2. The minimum Gasteiger partial charge on any atom is -0.353 e. The highest BCUT2D eigenvalue weighted by Gasteiger charge is 2.28. The minimum atomic E-state index is 0.250. The maximum atomic E-state index is 9.80. The van der Waals surface area contributed by atoms with Gasteiger partial charge in [0, 0.05) is 25.2 Å².